The summed E-state index contributed by atoms with van der Waals surface area (Å²) >= 11 is 0. The van der Waals surface area contributed by atoms with Gasteiger partial charge < -0.3 is 14.7 Å². The van der Waals surface area contributed by atoms with Crippen LogP contribution in [0.15, 0.2) is 30.3 Å². The second-order valence-electron chi connectivity index (χ2n) is 7.00. The summed E-state index contributed by atoms with van der Waals surface area (Å²) in [7, 11) is 8.71. The van der Waals surface area contributed by atoms with Crippen LogP contribution in [0.4, 0.5) is 0 Å². The molecule has 3 nitrogen and oxygen atoms in total. The average Bonchev–Trinajstić information content (AvgIpc) is 2.47. The molecule has 0 spiro atoms. The Hall–Kier alpha value is -2.00. The molecule has 1 aliphatic carbocycles. The number of hydrogen-bond donors (Lipinski definition) is 2. The van der Waals surface area contributed by atoms with Crippen molar-refractivity contribution in [1.29, 1.82) is 0 Å². The Labute approximate surface area is 131 Å². The van der Waals surface area contributed by atoms with Gasteiger partial charge in [0.1, 0.15) is 5.54 Å². The van der Waals surface area contributed by atoms with Crippen molar-refractivity contribution in [2.45, 2.75) is 25.3 Å². The van der Waals surface area contributed by atoms with E-state index >= 15 is 0 Å². The van der Waals surface area contributed by atoms with Gasteiger partial charge in [-0.1, -0.05) is 24.3 Å². The predicted octanol–water partition coefficient (Wildman–Crippen LogP) is 3.21. The fraction of sp³-hybridized carbons (Fsp3) is 0.316. The summed E-state index contributed by atoms with van der Waals surface area (Å²) in [5.74, 6) is -0.0921. The minimum atomic E-state index is -0.222. The van der Waals surface area contributed by atoms with Gasteiger partial charge in [0.05, 0.1) is 13.6 Å². The van der Waals surface area contributed by atoms with Gasteiger partial charge in [-0.25, -0.2) is 0 Å². The van der Waals surface area contributed by atoms with Crippen LogP contribution in [0.5, 0.6) is 11.5 Å². The molecule has 1 heterocycles. The standard InChI is InChI=1S/C19H20NO2/c1-19-11-13-7-8-15(21)18(22)16(13)14-6-4-5-12(17(14)19)9-10-20(19,2)3/h2,4-8,21-22H,9-11H2,1,3H3/q+1. The second-order valence-corrected chi connectivity index (χ2v) is 7.00. The Morgan fingerprint density at radius 3 is 2.68 bits per heavy atom. The van der Waals surface area contributed by atoms with Crippen LogP contribution in [0.3, 0.4) is 0 Å². The number of phenolic OH excluding ortho intramolecular Hbond substituents is 2. The van der Waals surface area contributed by atoms with E-state index in [0.717, 1.165) is 36.1 Å². The first-order valence-electron chi connectivity index (χ1n) is 7.66. The van der Waals surface area contributed by atoms with E-state index in [1.54, 1.807) is 6.07 Å². The molecule has 3 heteroatoms. The molecule has 1 aliphatic heterocycles. The fourth-order valence-electron chi connectivity index (χ4n) is 4.22. The van der Waals surface area contributed by atoms with Gasteiger partial charge in [-0.2, -0.15) is 0 Å². The van der Waals surface area contributed by atoms with Gasteiger partial charge in [0.15, 0.2) is 11.5 Å². The zero-order chi connectivity index (χ0) is 15.7. The number of hydrogen-bond acceptors (Lipinski definition) is 2. The van der Waals surface area contributed by atoms with Crippen molar-refractivity contribution < 1.29 is 14.7 Å². The molecule has 2 unspecified atom stereocenters. The summed E-state index contributed by atoms with van der Waals surface area (Å²) in [6, 6.07) is 9.68. The Morgan fingerprint density at radius 1 is 1.14 bits per heavy atom. The molecule has 2 N–H and O–H groups in total. The molecule has 0 aromatic heterocycles. The number of rotatable bonds is 0. The summed E-state index contributed by atoms with van der Waals surface area (Å²) in [6.45, 7) is 3.10. The smallest absolute Gasteiger partial charge is 0.207 e. The molecule has 0 bridgehead atoms. The van der Waals surface area contributed by atoms with Crippen molar-refractivity contribution in [3.8, 4) is 22.6 Å². The fourth-order valence-corrected chi connectivity index (χ4v) is 4.22. The highest BCUT2D eigenvalue weighted by Gasteiger charge is 2.51. The molecule has 2 radical (unpaired) electrons. The van der Waals surface area contributed by atoms with Crippen LogP contribution in [-0.2, 0) is 18.4 Å². The normalized spacial score (nSPS) is 24.5. The minimum absolute atomic E-state index is 0.0234. The number of phenols is 2. The second kappa shape index (κ2) is 4.05. The lowest BCUT2D eigenvalue weighted by Crippen LogP contribution is -2.59. The van der Waals surface area contributed by atoms with E-state index in [1.165, 1.54) is 11.1 Å². The minimum Gasteiger partial charge on any atom is -0.504 e. The Morgan fingerprint density at radius 2 is 1.91 bits per heavy atom. The molecular weight excluding hydrogens is 274 g/mol. The molecular formula is C19H20NO2+. The molecule has 112 valence electrons. The molecule has 2 aliphatic rings. The predicted molar refractivity (Wildman–Crippen MR) is 85.3 cm³/mol. The summed E-state index contributed by atoms with van der Waals surface area (Å²) in [4.78, 5) is 0. The first-order valence-corrected chi connectivity index (χ1v) is 7.66. The van der Waals surface area contributed by atoms with Gasteiger partial charge in [-0.15, -0.1) is 0 Å². The number of quaternary nitrogens is 1. The molecule has 4 rings (SSSR count). The zero-order valence-corrected chi connectivity index (χ0v) is 12.9. The van der Waals surface area contributed by atoms with Crippen LogP contribution in [-0.4, -0.2) is 28.3 Å². The van der Waals surface area contributed by atoms with E-state index in [0.29, 0.717) is 4.48 Å². The Bertz CT molecular complexity index is 794. The third-order valence-electron chi connectivity index (χ3n) is 5.71. The first-order chi connectivity index (χ1) is 10.3. The van der Waals surface area contributed by atoms with Crippen LogP contribution in [0, 0.1) is 7.05 Å². The third-order valence-corrected chi connectivity index (χ3v) is 5.71. The van der Waals surface area contributed by atoms with Gasteiger partial charge >= 0.3 is 0 Å². The number of aromatic hydroxyl groups is 2. The zero-order valence-electron chi connectivity index (χ0n) is 12.9. The van der Waals surface area contributed by atoms with E-state index in [4.69, 9.17) is 7.05 Å². The number of nitrogens with zero attached hydrogens (tertiary/aromatic N) is 1. The van der Waals surface area contributed by atoms with Gasteiger partial charge in [-0.05, 0) is 29.7 Å². The summed E-state index contributed by atoms with van der Waals surface area (Å²) < 4.78 is 0.443. The molecule has 2 atom stereocenters. The van der Waals surface area contributed by atoms with Crippen LogP contribution in [0.1, 0.15) is 23.6 Å². The first kappa shape index (κ1) is 13.6. The van der Waals surface area contributed by atoms with E-state index in [2.05, 4.69) is 20.0 Å². The van der Waals surface area contributed by atoms with Crippen LogP contribution in [0.2, 0.25) is 0 Å². The van der Waals surface area contributed by atoms with E-state index in [9.17, 15) is 10.2 Å². The van der Waals surface area contributed by atoms with E-state index < -0.39 is 0 Å². The number of benzene rings is 2. The van der Waals surface area contributed by atoms with Crippen LogP contribution >= 0.6 is 0 Å². The Kier molecular flexibility index (Phi) is 2.51. The monoisotopic (exact) mass is 294 g/mol. The van der Waals surface area contributed by atoms with Crippen molar-refractivity contribution in [1.82, 2.24) is 0 Å². The lowest BCUT2D eigenvalue weighted by Gasteiger charge is -2.52. The van der Waals surface area contributed by atoms with E-state index in [-0.39, 0.29) is 17.0 Å². The number of fused-ring (bicyclic) bond motifs is 2. The quantitative estimate of drug-likeness (QED) is 0.578. The maximum atomic E-state index is 10.4. The average molecular weight is 294 g/mol. The molecule has 22 heavy (non-hydrogen) atoms. The third kappa shape index (κ3) is 1.49. The largest absolute Gasteiger partial charge is 0.504 e. The maximum absolute atomic E-state index is 10.4. The van der Waals surface area contributed by atoms with Crippen molar-refractivity contribution in [2.75, 3.05) is 13.6 Å². The number of likely N-dealkylation sites (N-methyl/N-ethyl adjacent to an activating group) is 1. The van der Waals surface area contributed by atoms with Crippen molar-refractivity contribution in [3.05, 3.63) is 54.1 Å². The van der Waals surface area contributed by atoms with Crippen LogP contribution in [0.25, 0.3) is 11.1 Å². The summed E-state index contributed by atoms with van der Waals surface area (Å²) in [6.07, 6.45) is 1.69. The molecule has 0 saturated heterocycles. The molecule has 2 aromatic carbocycles. The molecule has 0 fully saturated rings. The van der Waals surface area contributed by atoms with E-state index in [1.807, 2.05) is 18.2 Å². The van der Waals surface area contributed by atoms with Crippen molar-refractivity contribution in [3.63, 3.8) is 0 Å². The van der Waals surface area contributed by atoms with Crippen molar-refractivity contribution in [2.24, 2.45) is 0 Å². The van der Waals surface area contributed by atoms with Gasteiger partial charge in [0, 0.05) is 24.0 Å². The SMILES string of the molecule is [CH][N+]1(C)CCc2cccc3c2C1(C)Cc1ccc(O)c(O)c1-3. The Balaban J connectivity index is 2.12. The van der Waals surface area contributed by atoms with Gasteiger partial charge in [0.2, 0.25) is 7.05 Å². The molecule has 0 amide bonds. The highest BCUT2D eigenvalue weighted by Crippen LogP contribution is 2.54. The van der Waals surface area contributed by atoms with Crippen molar-refractivity contribution >= 4 is 0 Å². The molecule has 2 aromatic rings. The lowest BCUT2D eigenvalue weighted by atomic mass is 9.68. The maximum Gasteiger partial charge on any atom is 0.207 e. The highest BCUT2D eigenvalue weighted by molar-refractivity contribution is 5.82. The van der Waals surface area contributed by atoms with Crippen LogP contribution < -0.4 is 0 Å². The molecule has 0 saturated carbocycles. The summed E-state index contributed by atoms with van der Waals surface area (Å²) in [5.41, 5.74) is 5.11. The highest BCUT2D eigenvalue weighted by atomic mass is 16.3. The van der Waals surface area contributed by atoms with Gasteiger partial charge in [0.25, 0.3) is 0 Å². The lowest BCUT2D eigenvalue weighted by molar-refractivity contribution is -0.927. The topological polar surface area (TPSA) is 40.5 Å². The summed E-state index contributed by atoms with van der Waals surface area (Å²) in [5, 5.41) is 20.3. The van der Waals surface area contributed by atoms with Gasteiger partial charge in [-0.3, -0.25) is 0 Å².